The minimum absolute atomic E-state index is 0.196. The van der Waals surface area contributed by atoms with Gasteiger partial charge in [0.1, 0.15) is 5.75 Å². The summed E-state index contributed by atoms with van der Waals surface area (Å²) in [5, 5.41) is 0. The number of hydrogen-bond donors (Lipinski definition) is 0. The van der Waals surface area contributed by atoms with Crippen LogP contribution in [0.4, 0.5) is 0 Å². The van der Waals surface area contributed by atoms with Crippen LogP contribution in [-0.2, 0) is 5.41 Å². The van der Waals surface area contributed by atoms with Crippen LogP contribution in [0, 0.1) is 0 Å². The molecular formula is C14H21NO. The van der Waals surface area contributed by atoms with Gasteiger partial charge in [-0.25, -0.2) is 0 Å². The van der Waals surface area contributed by atoms with Crippen molar-refractivity contribution in [1.82, 2.24) is 4.98 Å². The van der Waals surface area contributed by atoms with Gasteiger partial charge in [0.15, 0.2) is 0 Å². The normalized spacial score (nSPS) is 22.9. The molecule has 16 heavy (non-hydrogen) atoms. The first kappa shape index (κ1) is 11.4. The van der Waals surface area contributed by atoms with Crippen LogP contribution in [0.15, 0.2) is 18.3 Å². The van der Waals surface area contributed by atoms with E-state index < -0.39 is 0 Å². The van der Waals surface area contributed by atoms with Gasteiger partial charge < -0.3 is 4.74 Å². The van der Waals surface area contributed by atoms with E-state index in [0.717, 1.165) is 12.4 Å². The minimum Gasteiger partial charge on any atom is -0.491 e. The predicted octanol–water partition coefficient (Wildman–Crippen LogP) is 3.70. The first-order valence-corrected chi connectivity index (χ1v) is 6.40. The van der Waals surface area contributed by atoms with Crippen molar-refractivity contribution in [1.29, 1.82) is 0 Å². The number of ether oxygens (including phenoxy) is 1. The Kier molecular flexibility index (Phi) is 3.47. The SMILES string of the molecule is CCCCC1(CCC)COc2cccnc21. The largest absolute Gasteiger partial charge is 0.491 e. The number of fused-ring (bicyclic) bond motifs is 1. The van der Waals surface area contributed by atoms with Crippen LogP contribution in [-0.4, -0.2) is 11.6 Å². The molecule has 0 amide bonds. The van der Waals surface area contributed by atoms with Gasteiger partial charge in [0.2, 0.25) is 0 Å². The molecule has 0 aliphatic carbocycles. The monoisotopic (exact) mass is 219 g/mol. The van der Waals surface area contributed by atoms with Gasteiger partial charge in [0.05, 0.1) is 17.7 Å². The lowest BCUT2D eigenvalue weighted by molar-refractivity contribution is 0.235. The van der Waals surface area contributed by atoms with Gasteiger partial charge in [0.25, 0.3) is 0 Å². The van der Waals surface area contributed by atoms with Crippen LogP contribution in [0.25, 0.3) is 0 Å². The number of aromatic nitrogens is 1. The Morgan fingerprint density at radius 1 is 1.31 bits per heavy atom. The first-order valence-electron chi connectivity index (χ1n) is 6.40. The zero-order valence-electron chi connectivity index (χ0n) is 10.3. The Bertz CT molecular complexity index is 346. The summed E-state index contributed by atoms with van der Waals surface area (Å²) >= 11 is 0. The highest BCUT2D eigenvalue weighted by Crippen LogP contribution is 2.43. The summed E-state index contributed by atoms with van der Waals surface area (Å²) in [7, 11) is 0. The van der Waals surface area contributed by atoms with Crippen molar-refractivity contribution in [3.63, 3.8) is 0 Å². The maximum absolute atomic E-state index is 5.80. The Labute approximate surface area is 98.0 Å². The molecule has 0 saturated carbocycles. The van der Waals surface area contributed by atoms with E-state index in [1.54, 1.807) is 0 Å². The summed E-state index contributed by atoms with van der Waals surface area (Å²) < 4.78 is 5.80. The van der Waals surface area contributed by atoms with E-state index in [0.29, 0.717) is 0 Å². The molecule has 0 aromatic carbocycles. The van der Waals surface area contributed by atoms with Gasteiger partial charge >= 0.3 is 0 Å². The first-order chi connectivity index (χ1) is 7.82. The fourth-order valence-corrected chi connectivity index (χ4v) is 2.69. The van der Waals surface area contributed by atoms with Crippen molar-refractivity contribution in [2.45, 2.75) is 51.4 Å². The average Bonchev–Trinajstić information content (AvgIpc) is 2.68. The van der Waals surface area contributed by atoms with E-state index >= 15 is 0 Å². The highest BCUT2D eigenvalue weighted by atomic mass is 16.5. The molecule has 0 radical (unpaired) electrons. The van der Waals surface area contributed by atoms with Crippen LogP contribution in [0.2, 0.25) is 0 Å². The summed E-state index contributed by atoms with van der Waals surface area (Å²) in [6.07, 6.45) is 8.00. The molecule has 1 aliphatic heterocycles. The Hall–Kier alpha value is -1.05. The number of nitrogens with zero attached hydrogens (tertiary/aromatic N) is 1. The molecule has 0 spiro atoms. The number of unbranched alkanes of at least 4 members (excludes halogenated alkanes) is 1. The van der Waals surface area contributed by atoms with Crippen molar-refractivity contribution >= 4 is 0 Å². The quantitative estimate of drug-likeness (QED) is 0.753. The lowest BCUT2D eigenvalue weighted by Gasteiger charge is -2.26. The lowest BCUT2D eigenvalue weighted by atomic mass is 9.77. The molecule has 2 nitrogen and oxygen atoms in total. The van der Waals surface area contributed by atoms with E-state index in [1.807, 2.05) is 18.3 Å². The van der Waals surface area contributed by atoms with E-state index in [4.69, 9.17) is 4.74 Å². The highest BCUT2D eigenvalue weighted by molar-refractivity contribution is 5.38. The topological polar surface area (TPSA) is 22.1 Å². The van der Waals surface area contributed by atoms with Gasteiger partial charge in [-0.3, -0.25) is 4.98 Å². The van der Waals surface area contributed by atoms with Crippen molar-refractivity contribution in [2.75, 3.05) is 6.61 Å². The smallest absolute Gasteiger partial charge is 0.141 e. The van der Waals surface area contributed by atoms with E-state index in [1.165, 1.54) is 37.8 Å². The summed E-state index contributed by atoms with van der Waals surface area (Å²) in [6.45, 7) is 5.32. The van der Waals surface area contributed by atoms with Gasteiger partial charge in [-0.05, 0) is 25.0 Å². The van der Waals surface area contributed by atoms with Gasteiger partial charge in [-0.2, -0.15) is 0 Å². The second-order valence-electron chi connectivity index (χ2n) is 4.77. The standard InChI is InChI=1S/C14H21NO/c1-3-5-9-14(8-4-2)11-16-12-7-6-10-15-13(12)14/h6-7,10H,3-5,8-9,11H2,1-2H3. The zero-order valence-corrected chi connectivity index (χ0v) is 10.3. The maximum Gasteiger partial charge on any atom is 0.141 e. The van der Waals surface area contributed by atoms with Crippen LogP contribution in [0.1, 0.15) is 51.6 Å². The predicted molar refractivity (Wildman–Crippen MR) is 65.8 cm³/mol. The van der Waals surface area contributed by atoms with Crippen LogP contribution in [0.5, 0.6) is 5.75 Å². The molecule has 0 fully saturated rings. The Morgan fingerprint density at radius 3 is 2.94 bits per heavy atom. The maximum atomic E-state index is 5.80. The van der Waals surface area contributed by atoms with Gasteiger partial charge in [0, 0.05) is 6.20 Å². The number of hydrogen-bond acceptors (Lipinski definition) is 2. The van der Waals surface area contributed by atoms with Crippen molar-refractivity contribution < 1.29 is 4.74 Å². The van der Waals surface area contributed by atoms with Gasteiger partial charge in [-0.1, -0.05) is 33.1 Å². The molecule has 0 N–H and O–H groups in total. The summed E-state index contributed by atoms with van der Waals surface area (Å²) in [5.74, 6) is 1.01. The van der Waals surface area contributed by atoms with Crippen LogP contribution >= 0.6 is 0 Å². The second kappa shape index (κ2) is 4.86. The van der Waals surface area contributed by atoms with Crippen molar-refractivity contribution in [2.24, 2.45) is 0 Å². The lowest BCUT2D eigenvalue weighted by Crippen LogP contribution is -2.28. The molecule has 1 aromatic heterocycles. The average molecular weight is 219 g/mol. The van der Waals surface area contributed by atoms with E-state index in [9.17, 15) is 0 Å². The number of pyridine rings is 1. The molecule has 1 unspecified atom stereocenters. The number of rotatable bonds is 5. The van der Waals surface area contributed by atoms with Crippen molar-refractivity contribution in [3.05, 3.63) is 24.0 Å². The third kappa shape index (κ3) is 1.93. The van der Waals surface area contributed by atoms with Crippen molar-refractivity contribution in [3.8, 4) is 5.75 Å². The fourth-order valence-electron chi connectivity index (χ4n) is 2.69. The van der Waals surface area contributed by atoms with Crippen LogP contribution in [0.3, 0.4) is 0 Å². The molecule has 2 heterocycles. The molecule has 2 heteroatoms. The molecular weight excluding hydrogens is 198 g/mol. The molecule has 1 aliphatic rings. The fraction of sp³-hybridized carbons (Fsp3) is 0.643. The zero-order chi connectivity index (χ0) is 11.4. The van der Waals surface area contributed by atoms with E-state index in [2.05, 4.69) is 18.8 Å². The molecule has 0 bridgehead atoms. The Balaban J connectivity index is 2.27. The summed E-state index contributed by atoms with van der Waals surface area (Å²) in [4.78, 5) is 4.56. The molecule has 1 aromatic rings. The van der Waals surface area contributed by atoms with Crippen LogP contribution < -0.4 is 4.74 Å². The van der Waals surface area contributed by atoms with E-state index in [-0.39, 0.29) is 5.41 Å². The third-order valence-corrected chi connectivity index (χ3v) is 3.51. The molecule has 0 saturated heterocycles. The summed E-state index contributed by atoms with van der Waals surface area (Å²) in [6, 6.07) is 4.01. The van der Waals surface area contributed by atoms with Gasteiger partial charge in [-0.15, -0.1) is 0 Å². The Morgan fingerprint density at radius 2 is 2.19 bits per heavy atom. The molecule has 1 atom stereocenters. The third-order valence-electron chi connectivity index (χ3n) is 3.51. The molecule has 88 valence electrons. The second-order valence-corrected chi connectivity index (χ2v) is 4.77. The summed E-state index contributed by atoms with van der Waals surface area (Å²) in [5.41, 5.74) is 1.40. The highest BCUT2D eigenvalue weighted by Gasteiger charge is 2.40. The molecule has 2 rings (SSSR count). The minimum atomic E-state index is 0.196.